The van der Waals surface area contributed by atoms with Gasteiger partial charge in [-0.15, -0.1) is 0 Å². The molecule has 0 saturated carbocycles. The van der Waals surface area contributed by atoms with E-state index in [4.69, 9.17) is 5.26 Å². The molecule has 1 aliphatic rings. The second kappa shape index (κ2) is 6.03. The van der Waals surface area contributed by atoms with Crippen LogP contribution in [0.3, 0.4) is 0 Å². The summed E-state index contributed by atoms with van der Waals surface area (Å²) in [6, 6.07) is 6.47. The Labute approximate surface area is 115 Å². The van der Waals surface area contributed by atoms with E-state index in [1.54, 1.807) is 0 Å². The van der Waals surface area contributed by atoms with Crippen molar-refractivity contribution in [1.82, 2.24) is 9.88 Å². The molecule has 4 nitrogen and oxygen atoms in total. The summed E-state index contributed by atoms with van der Waals surface area (Å²) in [6.07, 6.45) is 2.24. The van der Waals surface area contributed by atoms with Gasteiger partial charge in [-0.25, -0.2) is 4.98 Å². The van der Waals surface area contributed by atoms with E-state index in [0.29, 0.717) is 11.6 Å². The molecular weight excluding hydrogens is 236 g/mol. The second-order valence-corrected chi connectivity index (χ2v) is 5.34. The van der Waals surface area contributed by atoms with Gasteiger partial charge in [-0.3, -0.25) is 0 Å². The lowest BCUT2D eigenvalue weighted by atomic mass is 10.1. The van der Waals surface area contributed by atoms with E-state index < -0.39 is 0 Å². The number of rotatable bonds is 2. The summed E-state index contributed by atoms with van der Waals surface area (Å²) in [7, 11) is 2.18. The highest BCUT2D eigenvalue weighted by Gasteiger charge is 2.23. The average molecular weight is 258 g/mol. The van der Waals surface area contributed by atoms with E-state index in [1.165, 1.54) is 0 Å². The molecule has 0 bridgehead atoms. The van der Waals surface area contributed by atoms with E-state index in [-0.39, 0.29) is 0 Å². The predicted molar refractivity (Wildman–Crippen MR) is 77.2 cm³/mol. The highest BCUT2D eigenvalue weighted by atomic mass is 15.3. The van der Waals surface area contributed by atoms with Crippen molar-refractivity contribution >= 4 is 5.82 Å². The number of hydrogen-bond acceptors (Lipinski definition) is 4. The molecule has 0 amide bonds. The summed E-state index contributed by atoms with van der Waals surface area (Å²) in [5.74, 6) is 0.957. The molecule has 1 fully saturated rings. The Morgan fingerprint density at radius 3 is 2.89 bits per heavy atom. The van der Waals surface area contributed by atoms with Gasteiger partial charge in [0, 0.05) is 24.8 Å². The topological polar surface area (TPSA) is 43.2 Å². The van der Waals surface area contributed by atoms with Crippen molar-refractivity contribution in [1.29, 1.82) is 5.26 Å². The number of anilines is 1. The molecule has 1 saturated heterocycles. The Bertz CT molecular complexity index is 478. The zero-order valence-corrected chi connectivity index (χ0v) is 12.1. The zero-order valence-electron chi connectivity index (χ0n) is 12.1. The summed E-state index contributed by atoms with van der Waals surface area (Å²) < 4.78 is 0. The minimum Gasteiger partial charge on any atom is -0.352 e. The number of hydrogen-bond donors (Lipinski definition) is 0. The molecule has 2 rings (SSSR count). The molecule has 1 unspecified atom stereocenters. The lowest BCUT2D eigenvalue weighted by Gasteiger charge is -2.31. The van der Waals surface area contributed by atoms with Crippen LogP contribution in [0.1, 0.15) is 31.0 Å². The zero-order chi connectivity index (χ0) is 13.8. The van der Waals surface area contributed by atoms with Crippen LogP contribution in [-0.2, 0) is 0 Å². The Morgan fingerprint density at radius 1 is 1.42 bits per heavy atom. The van der Waals surface area contributed by atoms with Crippen molar-refractivity contribution < 1.29 is 0 Å². The summed E-state index contributed by atoms with van der Waals surface area (Å²) in [6.45, 7) is 7.38. The lowest BCUT2D eigenvalue weighted by molar-refractivity contribution is 0.327. The van der Waals surface area contributed by atoms with Crippen LogP contribution in [0.25, 0.3) is 0 Å². The molecule has 2 heterocycles. The molecular formula is C15H22N4. The lowest BCUT2D eigenvalue weighted by Crippen LogP contribution is -2.40. The average Bonchev–Trinajstić information content (AvgIpc) is 2.59. The fourth-order valence-electron chi connectivity index (χ4n) is 2.76. The second-order valence-electron chi connectivity index (χ2n) is 5.34. The van der Waals surface area contributed by atoms with Crippen LogP contribution >= 0.6 is 0 Å². The van der Waals surface area contributed by atoms with Crippen molar-refractivity contribution in [3.63, 3.8) is 0 Å². The normalized spacial score (nSPS) is 20.9. The first-order chi connectivity index (χ1) is 9.13. The van der Waals surface area contributed by atoms with Gasteiger partial charge < -0.3 is 9.80 Å². The minimum atomic E-state index is 0.480. The van der Waals surface area contributed by atoms with E-state index in [0.717, 1.165) is 44.0 Å². The van der Waals surface area contributed by atoms with E-state index in [9.17, 15) is 0 Å². The molecule has 0 radical (unpaired) electrons. The van der Waals surface area contributed by atoms with E-state index in [2.05, 4.69) is 34.8 Å². The third-order valence-electron chi connectivity index (χ3n) is 3.74. The Balaban J connectivity index is 2.32. The van der Waals surface area contributed by atoms with E-state index >= 15 is 0 Å². The number of pyridine rings is 1. The molecule has 0 aromatic carbocycles. The largest absolute Gasteiger partial charge is 0.352 e. The standard InChI is InChI=1S/C15H22N4/c1-4-14-11-18(3)6-5-7-19(14)15-9-13(10-16)8-12(2)17-15/h8-9,14H,4-7,11H2,1-3H3. The van der Waals surface area contributed by atoms with Crippen LogP contribution in [0, 0.1) is 18.3 Å². The smallest absolute Gasteiger partial charge is 0.130 e. The third kappa shape index (κ3) is 3.24. The molecule has 102 valence electrons. The monoisotopic (exact) mass is 258 g/mol. The Kier molecular flexibility index (Phi) is 4.39. The Hall–Kier alpha value is -1.60. The van der Waals surface area contributed by atoms with Gasteiger partial charge in [-0.2, -0.15) is 5.26 Å². The maximum absolute atomic E-state index is 9.10. The van der Waals surface area contributed by atoms with Gasteiger partial charge >= 0.3 is 0 Å². The van der Waals surface area contributed by atoms with Crippen LogP contribution in [0.5, 0.6) is 0 Å². The van der Waals surface area contributed by atoms with Crippen molar-refractivity contribution in [2.75, 3.05) is 31.6 Å². The van der Waals surface area contributed by atoms with Crippen LogP contribution in [0.2, 0.25) is 0 Å². The van der Waals surface area contributed by atoms with Gasteiger partial charge in [0.15, 0.2) is 0 Å². The molecule has 1 atom stereocenters. The summed E-state index contributed by atoms with van der Waals surface area (Å²) in [5, 5.41) is 9.10. The fourth-order valence-corrected chi connectivity index (χ4v) is 2.76. The van der Waals surface area contributed by atoms with Gasteiger partial charge in [0.2, 0.25) is 0 Å². The molecule has 1 aromatic heterocycles. The number of nitrogens with zero attached hydrogens (tertiary/aromatic N) is 4. The molecule has 1 aliphatic heterocycles. The van der Waals surface area contributed by atoms with Crippen LogP contribution < -0.4 is 4.90 Å². The number of aromatic nitrogens is 1. The van der Waals surface area contributed by atoms with E-state index in [1.807, 2.05) is 19.1 Å². The van der Waals surface area contributed by atoms with Crippen LogP contribution in [0.15, 0.2) is 12.1 Å². The van der Waals surface area contributed by atoms with Gasteiger partial charge in [0.05, 0.1) is 11.6 Å². The predicted octanol–water partition coefficient (Wildman–Crippen LogP) is 2.18. The first kappa shape index (κ1) is 13.8. The van der Waals surface area contributed by atoms with Crippen molar-refractivity contribution in [2.45, 2.75) is 32.7 Å². The highest BCUT2D eigenvalue weighted by molar-refractivity contribution is 5.47. The maximum atomic E-state index is 9.10. The summed E-state index contributed by atoms with van der Waals surface area (Å²) in [5.41, 5.74) is 1.62. The van der Waals surface area contributed by atoms with Crippen molar-refractivity contribution in [2.24, 2.45) is 0 Å². The van der Waals surface area contributed by atoms with Crippen molar-refractivity contribution in [3.8, 4) is 6.07 Å². The third-order valence-corrected chi connectivity index (χ3v) is 3.74. The molecule has 0 N–H and O–H groups in total. The quantitative estimate of drug-likeness (QED) is 0.815. The molecule has 4 heteroatoms. The van der Waals surface area contributed by atoms with Crippen LogP contribution in [-0.4, -0.2) is 42.6 Å². The SMILES string of the molecule is CCC1CN(C)CCCN1c1cc(C#N)cc(C)n1. The molecule has 0 aliphatic carbocycles. The van der Waals surface area contributed by atoms with Gasteiger partial charge in [0.1, 0.15) is 5.82 Å². The number of aryl methyl sites for hydroxylation is 1. The molecule has 1 aromatic rings. The highest BCUT2D eigenvalue weighted by Crippen LogP contribution is 2.21. The van der Waals surface area contributed by atoms with Gasteiger partial charge in [0.25, 0.3) is 0 Å². The fraction of sp³-hybridized carbons (Fsp3) is 0.600. The minimum absolute atomic E-state index is 0.480. The summed E-state index contributed by atoms with van der Waals surface area (Å²) >= 11 is 0. The number of nitriles is 1. The first-order valence-electron chi connectivity index (χ1n) is 6.98. The first-order valence-corrected chi connectivity index (χ1v) is 6.98. The van der Waals surface area contributed by atoms with Crippen molar-refractivity contribution in [3.05, 3.63) is 23.4 Å². The molecule has 0 spiro atoms. The van der Waals surface area contributed by atoms with Gasteiger partial charge in [-0.1, -0.05) is 6.92 Å². The maximum Gasteiger partial charge on any atom is 0.130 e. The number of likely N-dealkylation sites (N-methyl/N-ethyl adjacent to an activating group) is 1. The summed E-state index contributed by atoms with van der Waals surface area (Å²) in [4.78, 5) is 9.38. The Morgan fingerprint density at radius 2 is 2.21 bits per heavy atom. The van der Waals surface area contributed by atoms with Crippen LogP contribution in [0.4, 0.5) is 5.82 Å². The molecule has 19 heavy (non-hydrogen) atoms. The van der Waals surface area contributed by atoms with Gasteiger partial charge in [-0.05, 0) is 45.5 Å².